The predicted octanol–water partition coefficient (Wildman–Crippen LogP) is 4.91. The highest BCUT2D eigenvalue weighted by atomic mass is 16.5. The lowest BCUT2D eigenvalue weighted by atomic mass is 9.96. The zero-order valence-corrected chi connectivity index (χ0v) is 19.1. The molecule has 168 valence electrons. The molecule has 5 nitrogen and oxygen atoms in total. The van der Waals surface area contributed by atoms with E-state index in [9.17, 15) is 4.79 Å². The highest BCUT2D eigenvalue weighted by Crippen LogP contribution is 2.28. The van der Waals surface area contributed by atoms with Crippen LogP contribution in [0.4, 0.5) is 0 Å². The number of carbonyl (C=O) groups is 1. The third-order valence-corrected chi connectivity index (χ3v) is 6.52. The van der Waals surface area contributed by atoms with Crippen LogP contribution in [-0.2, 0) is 4.79 Å². The van der Waals surface area contributed by atoms with E-state index in [-0.39, 0.29) is 17.9 Å². The van der Waals surface area contributed by atoms with Crippen LogP contribution in [0, 0.1) is 0 Å². The van der Waals surface area contributed by atoms with E-state index in [0.717, 1.165) is 40.9 Å². The van der Waals surface area contributed by atoms with E-state index in [0.29, 0.717) is 6.54 Å². The summed E-state index contributed by atoms with van der Waals surface area (Å²) in [6, 6.07) is 20.6. The summed E-state index contributed by atoms with van der Waals surface area (Å²) in [5, 5.41) is 5.43. The minimum absolute atomic E-state index is 0.0515. The summed E-state index contributed by atoms with van der Waals surface area (Å²) >= 11 is 0. The molecule has 32 heavy (non-hydrogen) atoms. The number of likely N-dealkylation sites (tertiary alicyclic amines) is 1. The lowest BCUT2D eigenvalue weighted by Crippen LogP contribution is -2.38. The normalized spacial score (nSPS) is 16.0. The van der Waals surface area contributed by atoms with Gasteiger partial charge in [-0.2, -0.15) is 0 Å². The van der Waals surface area contributed by atoms with E-state index in [2.05, 4.69) is 34.5 Å². The molecule has 0 bridgehead atoms. The molecule has 2 unspecified atom stereocenters. The van der Waals surface area contributed by atoms with Gasteiger partial charge >= 0.3 is 0 Å². The van der Waals surface area contributed by atoms with Crippen LogP contribution < -0.4 is 14.8 Å². The van der Waals surface area contributed by atoms with Crippen LogP contribution in [0.15, 0.2) is 60.7 Å². The zero-order chi connectivity index (χ0) is 22.5. The average molecular weight is 433 g/mol. The number of fused-ring (bicyclic) bond motifs is 1. The van der Waals surface area contributed by atoms with Crippen LogP contribution in [0.1, 0.15) is 42.9 Å². The third-order valence-electron chi connectivity index (χ3n) is 6.52. The highest BCUT2D eigenvalue weighted by Gasteiger charge is 2.25. The largest absolute Gasteiger partial charge is 0.497 e. The first-order valence-electron chi connectivity index (χ1n) is 11.3. The lowest BCUT2D eigenvalue weighted by Gasteiger charge is -2.29. The molecule has 0 saturated carbocycles. The maximum absolute atomic E-state index is 13.1. The molecule has 5 heteroatoms. The van der Waals surface area contributed by atoms with Gasteiger partial charge in [-0.15, -0.1) is 0 Å². The average Bonchev–Trinajstić information content (AvgIpc) is 3.38. The Kier molecular flexibility index (Phi) is 6.96. The van der Waals surface area contributed by atoms with Gasteiger partial charge < -0.3 is 14.8 Å². The van der Waals surface area contributed by atoms with Gasteiger partial charge in [-0.3, -0.25) is 9.69 Å². The molecule has 1 N–H and O–H groups in total. The van der Waals surface area contributed by atoms with Gasteiger partial charge in [0.2, 0.25) is 5.91 Å². The quantitative estimate of drug-likeness (QED) is 0.549. The van der Waals surface area contributed by atoms with E-state index in [4.69, 9.17) is 9.47 Å². The summed E-state index contributed by atoms with van der Waals surface area (Å²) in [5.74, 6) is 1.51. The molecule has 2 atom stereocenters. The fourth-order valence-electron chi connectivity index (χ4n) is 4.48. The minimum Gasteiger partial charge on any atom is -0.497 e. The van der Waals surface area contributed by atoms with Gasteiger partial charge in [-0.05, 0) is 79.0 Å². The summed E-state index contributed by atoms with van der Waals surface area (Å²) in [6.45, 7) is 4.70. The lowest BCUT2D eigenvalue weighted by molar-refractivity contribution is -0.122. The summed E-state index contributed by atoms with van der Waals surface area (Å²) in [7, 11) is 3.35. The minimum atomic E-state index is -0.225. The molecule has 1 fully saturated rings. The number of carbonyl (C=O) groups excluding carboxylic acids is 1. The molecular weight excluding hydrogens is 400 g/mol. The van der Waals surface area contributed by atoms with Crippen molar-refractivity contribution in [3.05, 3.63) is 71.8 Å². The first-order valence-corrected chi connectivity index (χ1v) is 11.3. The zero-order valence-electron chi connectivity index (χ0n) is 19.1. The van der Waals surface area contributed by atoms with Crippen molar-refractivity contribution in [1.82, 2.24) is 10.2 Å². The summed E-state index contributed by atoms with van der Waals surface area (Å²) in [6.07, 6.45) is 2.41. The van der Waals surface area contributed by atoms with Crippen molar-refractivity contribution in [2.45, 2.75) is 31.7 Å². The Morgan fingerprint density at radius 2 is 1.47 bits per heavy atom. The Labute approximate surface area is 190 Å². The smallest absolute Gasteiger partial charge is 0.227 e. The second-order valence-corrected chi connectivity index (χ2v) is 8.47. The molecule has 0 radical (unpaired) electrons. The molecule has 3 aromatic rings. The number of nitrogens with zero attached hydrogens (tertiary/aromatic N) is 1. The number of nitrogens with one attached hydrogen (secondary N) is 1. The van der Waals surface area contributed by atoms with Crippen molar-refractivity contribution in [3.63, 3.8) is 0 Å². The fraction of sp³-hybridized carbons (Fsp3) is 0.370. The Hall–Kier alpha value is -3.05. The number of hydrogen-bond donors (Lipinski definition) is 1. The standard InChI is InChI=1S/C27H32N2O3/c1-19(21-6-7-23-17-25(32-3)13-10-22(23)16-21)27(30)28-18-26(29-14-4-5-15-29)20-8-11-24(31-2)12-9-20/h6-13,16-17,19,26H,4-5,14-15,18H2,1-3H3,(H,28,30). The molecule has 1 amide bonds. The molecule has 0 aromatic heterocycles. The SMILES string of the molecule is COc1ccc(C(CNC(=O)C(C)c2ccc3cc(OC)ccc3c2)N2CCCC2)cc1. The molecule has 0 spiro atoms. The summed E-state index contributed by atoms with van der Waals surface area (Å²) in [4.78, 5) is 15.5. The Morgan fingerprint density at radius 1 is 0.875 bits per heavy atom. The van der Waals surface area contributed by atoms with Crippen LogP contribution in [0.3, 0.4) is 0 Å². The first kappa shape index (κ1) is 22.2. The van der Waals surface area contributed by atoms with Gasteiger partial charge in [-0.1, -0.05) is 36.4 Å². The number of ether oxygens (including phenoxy) is 2. The second-order valence-electron chi connectivity index (χ2n) is 8.47. The number of rotatable bonds is 8. The van der Waals surface area contributed by atoms with Crippen molar-refractivity contribution in [1.29, 1.82) is 0 Å². The number of benzene rings is 3. The number of amides is 1. The Morgan fingerprint density at radius 3 is 2.16 bits per heavy atom. The van der Waals surface area contributed by atoms with E-state index in [1.807, 2.05) is 43.3 Å². The van der Waals surface area contributed by atoms with Crippen molar-refractivity contribution < 1.29 is 14.3 Å². The Balaban J connectivity index is 1.46. The molecule has 1 aliphatic heterocycles. The van der Waals surface area contributed by atoms with Crippen LogP contribution in [0.5, 0.6) is 11.5 Å². The van der Waals surface area contributed by atoms with Gasteiger partial charge in [0.25, 0.3) is 0 Å². The van der Waals surface area contributed by atoms with Gasteiger partial charge in [0.1, 0.15) is 11.5 Å². The van der Waals surface area contributed by atoms with Crippen LogP contribution in [0.25, 0.3) is 10.8 Å². The molecule has 1 heterocycles. The van der Waals surface area contributed by atoms with Crippen molar-refractivity contribution in [3.8, 4) is 11.5 Å². The van der Waals surface area contributed by atoms with E-state index in [1.165, 1.54) is 18.4 Å². The van der Waals surface area contributed by atoms with Crippen molar-refractivity contribution in [2.75, 3.05) is 33.9 Å². The summed E-state index contributed by atoms with van der Waals surface area (Å²) < 4.78 is 10.6. The first-order chi connectivity index (χ1) is 15.6. The van der Waals surface area contributed by atoms with Crippen LogP contribution in [0.2, 0.25) is 0 Å². The van der Waals surface area contributed by atoms with E-state index in [1.54, 1.807) is 14.2 Å². The van der Waals surface area contributed by atoms with E-state index < -0.39 is 0 Å². The number of methoxy groups -OCH3 is 2. The predicted molar refractivity (Wildman–Crippen MR) is 128 cm³/mol. The highest BCUT2D eigenvalue weighted by molar-refractivity contribution is 5.88. The maximum atomic E-state index is 13.1. The van der Waals surface area contributed by atoms with Crippen molar-refractivity contribution in [2.24, 2.45) is 0 Å². The van der Waals surface area contributed by atoms with Gasteiger partial charge in [0, 0.05) is 6.54 Å². The summed E-state index contributed by atoms with van der Waals surface area (Å²) in [5.41, 5.74) is 2.22. The number of hydrogen-bond acceptors (Lipinski definition) is 4. The molecule has 1 aliphatic rings. The molecule has 0 aliphatic carbocycles. The molecular formula is C27H32N2O3. The van der Waals surface area contributed by atoms with E-state index >= 15 is 0 Å². The van der Waals surface area contributed by atoms with Crippen molar-refractivity contribution >= 4 is 16.7 Å². The van der Waals surface area contributed by atoms with Crippen LogP contribution >= 0.6 is 0 Å². The molecule has 3 aromatic carbocycles. The third kappa shape index (κ3) is 4.89. The van der Waals surface area contributed by atoms with Gasteiger partial charge in [0.05, 0.1) is 26.2 Å². The van der Waals surface area contributed by atoms with Gasteiger partial charge in [0.15, 0.2) is 0 Å². The topological polar surface area (TPSA) is 50.8 Å². The second kappa shape index (κ2) is 10.0. The fourth-order valence-corrected chi connectivity index (χ4v) is 4.48. The molecule has 4 rings (SSSR count). The molecule has 1 saturated heterocycles. The maximum Gasteiger partial charge on any atom is 0.227 e. The van der Waals surface area contributed by atoms with Crippen LogP contribution in [-0.4, -0.2) is 44.7 Å². The monoisotopic (exact) mass is 432 g/mol. The van der Waals surface area contributed by atoms with Gasteiger partial charge in [-0.25, -0.2) is 0 Å². The Bertz CT molecular complexity index is 1060.